The first kappa shape index (κ1) is 10.8. The lowest BCUT2D eigenvalue weighted by Crippen LogP contribution is -2.07. The monoisotopic (exact) mass is 198 g/mol. The molecule has 1 rings (SSSR count). The predicted molar refractivity (Wildman–Crippen MR) is 46.3 cm³/mol. The van der Waals surface area contributed by atoms with Crippen molar-refractivity contribution in [2.75, 3.05) is 0 Å². The Morgan fingerprint density at radius 3 is 2.50 bits per heavy atom. The quantitative estimate of drug-likeness (QED) is 0.526. The van der Waals surface area contributed by atoms with E-state index in [4.69, 9.17) is 7.85 Å². The van der Waals surface area contributed by atoms with Gasteiger partial charge in [-0.15, -0.1) is 0 Å². The summed E-state index contributed by atoms with van der Waals surface area (Å²) in [6, 6.07) is 4.21. The second-order valence-corrected chi connectivity index (χ2v) is 2.71. The third kappa shape index (κ3) is 2.37. The molecular formula is C9H6BF3O. The number of halogens is 3. The number of alkyl halides is 3. The number of rotatable bonds is 2. The van der Waals surface area contributed by atoms with Crippen LogP contribution in [-0.2, 0) is 6.18 Å². The molecule has 0 bridgehead atoms. The van der Waals surface area contributed by atoms with Crippen LogP contribution < -0.4 is 0 Å². The summed E-state index contributed by atoms with van der Waals surface area (Å²) < 4.78 is 36.6. The van der Waals surface area contributed by atoms with Gasteiger partial charge in [0.1, 0.15) is 0 Å². The molecule has 1 aromatic rings. The number of hydrogen-bond donors (Lipinski definition) is 0. The van der Waals surface area contributed by atoms with Crippen LogP contribution >= 0.6 is 0 Å². The fourth-order valence-electron chi connectivity index (χ4n) is 0.987. The van der Waals surface area contributed by atoms with E-state index in [2.05, 4.69) is 0 Å². The summed E-state index contributed by atoms with van der Waals surface area (Å²) in [6.45, 7) is 0. The van der Waals surface area contributed by atoms with Crippen molar-refractivity contribution in [3.63, 3.8) is 0 Å². The van der Waals surface area contributed by atoms with E-state index in [0.717, 1.165) is 12.1 Å². The summed E-state index contributed by atoms with van der Waals surface area (Å²) in [6.07, 6.45) is -4.72. The number of ketones is 1. The third-order valence-corrected chi connectivity index (χ3v) is 1.70. The number of benzene rings is 1. The minimum Gasteiger partial charge on any atom is -0.295 e. The van der Waals surface area contributed by atoms with Gasteiger partial charge < -0.3 is 0 Å². The lowest BCUT2D eigenvalue weighted by atomic mass is 9.95. The Labute approximate surface area is 80.3 Å². The molecule has 0 saturated carbocycles. The van der Waals surface area contributed by atoms with E-state index in [9.17, 15) is 18.0 Å². The van der Waals surface area contributed by atoms with Crippen molar-refractivity contribution < 1.29 is 18.0 Å². The Morgan fingerprint density at radius 1 is 1.36 bits per heavy atom. The first-order valence-corrected chi connectivity index (χ1v) is 3.85. The molecule has 0 aliphatic rings. The summed E-state index contributed by atoms with van der Waals surface area (Å²) in [5.41, 5.74) is -0.848. The van der Waals surface area contributed by atoms with E-state index in [1.165, 1.54) is 12.1 Å². The molecule has 0 fully saturated rings. The number of carbonyl (C=O) groups excluding carboxylic acids is 1. The molecule has 14 heavy (non-hydrogen) atoms. The van der Waals surface area contributed by atoms with Gasteiger partial charge in [-0.25, -0.2) is 0 Å². The van der Waals surface area contributed by atoms with Crippen LogP contribution in [0, 0.1) is 0 Å². The predicted octanol–water partition coefficient (Wildman–Crippen LogP) is 2.47. The highest BCUT2D eigenvalue weighted by Crippen LogP contribution is 2.29. The van der Waals surface area contributed by atoms with Crippen LogP contribution in [0.3, 0.4) is 0 Å². The minimum atomic E-state index is -4.43. The van der Waals surface area contributed by atoms with E-state index in [1.807, 2.05) is 0 Å². The molecule has 2 radical (unpaired) electrons. The highest BCUT2D eigenvalue weighted by Gasteiger charge is 2.30. The van der Waals surface area contributed by atoms with Crippen LogP contribution in [0.25, 0.3) is 0 Å². The fourth-order valence-corrected chi connectivity index (χ4v) is 0.987. The van der Waals surface area contributed by atoms with Crippen molar-refractivity contribution in [3.05, 3.63) is 35.4 Å². The zero-order chi connectivity index (χ0) is 10.8. The van der Waals surface area contributed by atoms with Gasteiger partial charge in [0.25, 0.3) is 0 Å². The van der Waals surface area contributed by atoms with Gasteiger partial charge in [-0.3, -0.25) is 4.79 Å². The first-order valence-electron chi connectivity index (χ1n) is 3.85. The van der Waals surface area contributed by atoms with E-state index in [1.54, 1.807) is 0 Å². The van der Waals surface area contributed by atoms with Crippen LogP contribution in [0.4, 0.5) is 13.2 Å². The third-order valence-electron chi connectivity index (χ3n) is 1.70. The number of carbonyl (C=O) groups is 1. The smallest absolute Gasteiger partial charge is 0.295 e. The largest absolute Gasteiger partial charge is 0.416 e. The lowest BCUT2D eigenvalue weighted by Gasteiger charge is -2.07. The van der Waals surface area contributed by atoms with E-state index in [0.29, 0.717) is 0 Å². The van der Waals surface area contributed by atoms with Crippen molar-refractivity contribution >= 4 is 13.6 Å². The van der Waals surface area contributed by atoms with Crippen molar-refractivity contribution in [2.24, 2.45) is 0 Å². The Balaban J connectivity index is 3.08. The number of Topliss-reactive ketones (excluding diaryl/α,β-unsaturated/α-hetero) is 1. The Hall–Kier alpha value is -1.26. The van der Waals surface area contributed by atoms with Gasteiger partial charge in [-0.1, -0.05) is 12.1 Å². The van der Waals surface area contributed by atoms with Gasteiger partial charge >= 0.3 is 6.18 Å². The first-order chi connectivity index (χ1) is 6.45. The molecule has 0 atom stereocenters. The molecule has 0 aromatic heterocycles. The zero-order valence-corrected chi connectivity index (χ0v) is 7.14. The SMILES string of the molecule is [B]CC(=O)c1cccc(C(F)(F)F)c1. The summed E-state index contributed by atoms with van der Waals surface area (Å²) in [7, 11) is 5.03. The zero-order valence-electron chi connectivity index (χ0n) is 7.14. The average molecular weight is 198 g/mol. The second-order valence-electron chi connectivity index (χ2n) is 2.71. The summed E-state index contributed by atoms with van der Waals surface area (Å²) in [5, 5.41) is 0. The normalized spacial score (nSPS) is 11.4. The number of hydrogen-bond acceptors (Lipinski definition) is 1. The molecule has 5 heteroatoms. The van der Waals surface area contributed by atoms with Gasteiger partial charge in [0.05, 0.1) is 13.4 Å². The summed E-state index contributed by atoms with van der Waals surface area (Å²) >= 11 is 0. The van der Waals surface area contributed by atoms with Crippen molar-refractivity contribution in [3.8, 4) is 0 Å². The van der Waals surface area contributed by atoms with Gasteiger partial charge in [0.2, 0.25) is 0 Å². The van der Waals surface area contributed by atoms with Gasteiger partial charge in [0.15, 0.2) is 5.78 Å². The second kappa shape index (κ2) is 3.86. The Bertz CT molecular complexity index is 346. The van der Waals surface area contributed by atoms with E-state index >= 15 is 0 Å². The van der Waals surface area contributed by atoms with Crippen LogP contribution in [0.15, 0.2) is 24.3 Å². The molecule has 0 N–H and O–H groups in total. The average Bonchev–Trinajstić information content (AvgIpc) is 2.15. The van der Waals surface area contributed by atoms with Gasteiger partial charge in [0, 0.05) is 5.56 Å². The maximum atomic E-state index is 12.2. The Kier molecular flexibility index (Phi) is 2.98. The van der Waals surface area contributed by atoms with Gasteiger partial charge in [-0.05, 0) is 18.5 Å². The highest BCUT2D eigenvalue weighted by molar-refractivity contribution is 6.24. The molecule has 0 unspecified atom stereocenters. The van der Waals surface area contributed by atoms with Crippen LogP contribution in [0.1, 0.15) is 15.9 Å². The van der Waals surface area contributed by atoms with Crippen LogP contribution in [0.5, 0.6) is 0 Å². The summed E-state index contributed by atoms with van der Waals surface area (Å²) in [4.78, 5) is 11.0. The van der Waals surface area contributed by atoms with Crippen molar-refractivity contribution in [1.29, 1.82) is 0 Å². The van der Waals surface area contributed by atoms with Crippen molar-refractivity contribution in [1.82, 2.24) is 0 Å². The molecule has 72 valence electrons. The molecule has 0 spiro atoms. The molecule has 0 amide bonds. The minimum absolute atomic E-state index is 0.0117. The lowest BCUT2D eigenvalue weighted by molar-refractivity contribution is -0.137. The van der Waals surface area contributed by atoms with Crippen molar-refractivity contribution in [2.45, 2.75) is 12.5 Å². The molecule has 1 nitrogen and oxygen atoms in total. The van der Waals surface area contributed by atoms with Crippen LogP contribution in [0.2, 0.25) is 6.32 Å². The molecule has 1 aromatic carbocycles. The maximum Gasteiger partial charge on any atom is 0.416 e. The highest BCUT2D eigenvalue weighted by atomic mass is 19.4. The van der Waals surface area contributed by atoms with E-state index < -0.39 is 17.5 Å². The standard InChI is InChI=1S/C9H6BF3O/c10-5-8(14)6-2-1-3-7(4-6)9(11,12)13/h1-4H,5H2. The molecular weight excluding hydrogens is 192 g/mol. The molecule has 0 aliphatic carbocycles. The topological polar surface area (TPSA) is 17.1 Å². The Morgan fingerprint density at radius 2 is 2.00 bits per heavy atom. The van der Waals surface area contributed by atoms with E-state index in [-0.39, 0.29) is 11.9 Å². The van der Waals surface area contributed by atoms with Gasteiger partial charge in [-0.2, -0.15) is 13.2 Å². The molecule has 0 aliphatic heterocycles. The fraction of sp³-hybridized carbons (Fsp3) is 0.222. The maximum absolute atomic E-state index is 12.2. The summed E-state index contributed by atoms with van der Waals surface area (Å²) in [5.74, 6) is -0.504. The van der Waals surface area contributed by atoms with Crippen LogP contribution in [-0.4, -0.2) is 13.6 Å². The molecule has 0 heterocycles. The molecule has 0 saturated heterocycles.